The quantitative estimate of drug-likeness (QED) is 0.0261. The van der Waals surface area contributed by atoms with E-state index in [1.165, 1.54) is 218 Å². The first-order chi connectivity index (χ1) is 34.0. The van der Waals surface area contributed by atoms with E-state index in [1.54, 1.807) is 0 Å². The van der Waals surface area contributed by atoms with Crippen LogP contribution in [-0.4, -0.2) is 37.2 Å². The Labute approximate surface area is 429 Å². The average Bonchev–Trinajstić information content (AvgIpc) is 3.35. The third-order valence-corrected chi connectivity index (χ3v) is 13.6. The van der Waals surface area contributed by atoms with Crippen LogP contribution in [0.25, 0.3) is 0 Å². The summed E-state index contributed by atoms with van der Waals surface area (Å²) < 4.78 is 16.8. The molecular formula is C63H116O6. The van der Waals surface area contributed by atoms with E-state index >= 15 is 0 Å². The van der Waals surface area contributed by atoms with Crippen LogP contribution in [0.5, 0.6) is 0 Å². The lowest BCUT2D eigenvalue weighted by Crippen LogP contribution is -2.30. The summed E-state index contributed by atoms with van der Waals surface area (Å²) in [7, 11) is 0. The van der Waals surface area contributed by atoms with Gasteiger partial charge in [-0.2, -0.15) is 0 Å². The van der Waals surface area contributed by atoms with Crippen molar-refractivity contribution in [3.63, 3.8) is 0 Å². The van der Waals surface area contributed by atoms with Gasteiger partial charge in [-0.3, -0.25) is 14.4 Å². The Hall–Kier alpha value is -2.37. The molecule has 0 rings (SSSR count). The van der Waals surface area contributed by atoms with Crippen molar-refractivity contribution in [1.82, 2.24) is 0 Å². The third kappa shape index (κ3) is 56.4. The Kier molecular flexibility index (Phi) is 56.2. The van der Waals surface area contributed by atoms with Crippen molar-refractivity contribution >= 4 is 17.9 Å². The minimum Gasteiger partial charge on any atom is -0.462 e. The van der Waals surface area contributed by atoms with Crippen molar-refractivity contribution in [3.05, 3.63) is 36.5 Å². The summed E-state index contributed by atoms with van der Waals surface area (Å²) in [5.74, 6) is -0.856. The monoisotopic (exact) mass is 969 g/mol. The van der Waals surface area contributed by atoms with Crippen LogP contribution in [0.3, 0.4) is 0 Å². The molecule has 0 fully saturated rings. The van der Waals surface area contributed by atoms with Gasteiger partial charge in [0, 0.05) is 19.3 Å². The first kappa shape index (κ1) is 66.6. The van der Waals surface area contributed by atoms with Crippen LogP contribution in [0.1, 0.15) is 329 Å². The summed E-state index contributed by atoms with van der Waals surface area (Å²) in [6, 6.07) is 0. The number of unbranched alkanes of at least 4 members (excludes halogenated alkanes) is 39. The molecule has 0 aliphatic carbocycles. The van der Waals surface area contributed by atoms with Crippen molar-refractivity contribution in [1.29, 1.82) is 0 Å². The summed E-state index contributed by atoms with van der Waals surface area (Å²) >= 11 is 0. The molecular weight excluding hydrogens is 853 g/mol. The molecule has 1 unspecified atom stereocenters. The van der Waals surface area contributed by atoms with E-state index in [4.69, 9.17) is 14.2 Å². The smallest absolute Gasteiger partial charge is 0.306 e. The second kappa shape index (κ2) is 58.2. The zero-order chi connectivity index (χ0) is 50.0. The molecule has 6 heteroatoms. The van der Waals surface area contributed by atoms with Crippen molar-refractivity contribution in [2.24, 2.45) is 0 Å². The van der Waals surface area contributed by atoms with Gasteiger partial charge in [-0.1, -0.05) is 288 Å². The summed E-state index contributed by atoms with van der Waals surface area (Å²) in [6.45, 7) is 6.62. The van der Waals surface area contributed by atoms with Crippen LogP contribution in [0, 0.1) is 0 Å². The molecule has 0 aromatic heterocycles. The van der Waals surface area contributed by atoms with E-state index in [1.807, 2.05) is 0 Å². The van der Waals surface area contributed by atoms with Gasteiger partial charge in [-0.15, -0.1) is 0 Å². The first-order valence-corrected chi connectivity index (χ1v) is 30.5. The fourth-order valence-corrected chi connectivity index (χ4v) is 9.04. The molecule has 0 spiro atoms. The van der Waals surface area contributed by atoms with Gasteiger partial charge in [0.1, 0.15) is 13.2 Å². The van der Waals surface area contributed by atoms with Crippen LogP contribution >= 0.6 is 0 Å². The Morgan fingerprint density at radius 1 is 0.290 bits per heavy atom. The molecule has 0 saturated heterocycles. The van der Waals surface area contributed by atoms with E-state index in [0.29, 0.717) is 19.3 Å². The Bertz CT molecular complexity index is 1160. The maximum Gasteiger partial charge on any atom is 0.306 e. The highest BCUT2D eigenvalue weighted by Crippen LogP contribution is 2.17. The number of carbonyl (C=O) groups is 3. The average molecular weight is 970 g/mol. The SMILES string of the molecule is CCCCCCC/C=C\C/C=C\C/C=C\CCCCCCCCCCCCCCCCCCC(=O)OCC(COC(=O)CCCCCCCCC)OC(=O)CCCCCCCCCCCCCCC. The summed E-state index contributed by atoms with van der Waals surface area (Å²) in [5.41, 5.74) is 0. The molecule has 0 aliphatic rings. The number of ether oxygens (including phenoxy) is 3. The number of carbonyl (C=O) groups excluding carboxylic acids is 3. The Balaban J connectivity index is 3.98. The van der Waals surface area contributed by atoms with Gasteiger partial charge in [-0.05, 0) is 57.8 Å². The highest BCUT2D eigenvalue weighted by atomic mass is 16.6. The number of hydrogen-bond donors (Lipinski definition) is 0. The normalized spacial score (nSPS) is 12.2. The topological polar surface area (TPSA) is 78.9 Å². The summed E-state index contributed by atoms with van der Waals surface area (Å²) in [4.78, 5) is 37.9. The van der Waals surface area contributed by atoms with Crippen LogP contribution in [0.4, 0.5) is 0 Å². The molecule has 0 aliphatic heterocycles. The van der Waals surface area contributed by atoms with Gasteiger partial charge in [-0.25, -0.2) is 0 Å². The van der Waals surface area contributed by atoms with Gasteiger partial charge in [0.25, 0.3) is 0 Å². The fourth-order valence-electron chi connectivity index (χ4n) is 9.04. The zero-order valence-corrected chi connectivity index (χ0v) is 46.3. The molecule has 0 amide bonds. The molecule has 0 radical (unpaired) electrons. The molecule has 0 aromatic rings. The van der Waals surface area contributed by atoms with Crippen LogP contribution < -0.4 is 0 Å². The summed E-state index contributed by atoms with van der Waals surface area (Å²) in [6.07, 6.45) is 70.4. The molecule has 0 aromatic carbocycles. The molecule has 0 saturated carbocycles. The molecule has 6 nitrogen and oxygen atoms in total. The Morgan fingerprint density at radius 3 is 0.812 bits per heavy atom. The lowest BCUT2D eigenvalue weighted by Gasteiger charge is -2.18. The van der Waals surface area contributed by atoms with Gasteiger partial charge >= 0.3 is 17.9 Å². The number of hydrogen-bond acceptors (Lipinski definition) is 6. The van der Waals surface area contributed by atoms with Crippen molar-refractivity contribution in [2.45, 2.75) is 335 Å². The van der Waals surface area contributed by atoms with Crippen molar-refractivity contribution < 1.29 is 28.6 Å². The van der Waals surface area contributed by atoms with Gasteiger partial charge in [0.05, 0.1) is 0 Å². The molecule has 0 N–H and O–H groups in total. The van der Waals surface area contributed by atoms with Crippen molar-refractivity contribution in [2.75, 3.05) is 13.2 Å². The molecule has 404 valence electrons. The highest BCUT2D eigenvalue weighted by molar-refractivity contribution is 5.71. The molecule has 0 bridgehead atoms. The van der Waals surface area contributed by atoms with Crippen LogP contribution in [0.15, 0.2) is 36.5 Å². The van der Waals surface area contributed by atoms with Gasteiger partial charge in [0.2, 0.25) is 0 Å². The second-order valence-corrected chi connectivity index (χ2v) is 20.6. The molecule has 69 heavy (non-hydrogen) atoms. The van der Waals surface area contributed by atoms with E-state index in [0.717, 1.165) is 70.6 Å². The van der Waals surface area contributed by atoms with E-state index in [2.05, 4.69) is 57.2 Å². The maximum atomic E-state index is 12.8. The lowest BCUT2D eigenvalue weighted by molar-refractivity contribution is -0.167. The maximum absolute atomic E-state index is 12.8. The fraction of sp³-hybridized carbons (Fsp3) is 0.857. The first-order valence-electron chi connectivity index (χ1n) is 30.5. The lowest BCUT2D eigenvalue weighted by atomic mass is 10.0. The molecule has 1 atom stereocenters. The number of allylic oxidation sites excluding steroid dienone is 6. The van der Waals surface area contributed by atoms with Gasteiger partial charge in [0.15, 0.2) is 6.10 Å². The third-order valence-electron chi connectivity index (χ3n) is 13.6. The predicted octanol–water partition coefficient (Wildman–Crippen LogP) is 20.4. The highest BCUT2D eigenvalue weighted by Gasteiger charge is 2.19. The predicted molar refractivity (Wildman–Crippen MR) is 298 cm³/mol. The van der Waals surface area contributed by atoms with Crippen LogP contribution in [-0.2, 0) is 28.6 Å². The number of rotatable bonds is 56. The van der Waals surface area contributed by atoms with Crippen LogP contribution in [0.2, 0.25) is 0 Å². The van der Waals surface area contributed by atoms with E-state index in [9.17, 15) is 14.4 Å². The molecule has 0 heterocycles. The van der Waals surface area contributed by atoms with Crippen molar-refractivity contribution in [3.8, 4) is 0 Å². The van der Waals surface area contributed by atoms with E-state index in [-0.39, 0.29) is 31.1 Å². The minimum atomic E-state index is -0.764. The Morgan fingerprint density at radius 2 is 0.522 bits per heavy atom. The minimum absolute atomic E-state index is 0.0668. The largest absolute Gasteiger partial charge is 0.462 e. The number of esters is 3. The standard InChI is InChI=1S/C63H116O6/c1-4-7-10-13-16-18-20-22-23-24-25-26-27-28-29-30-31-32-33-34-35-36-37-38-39-41-42-44-47-50-53-56-62(65)68-59-60(58-67-61(64)55-52-49-46-15-12-9-6-3)69-63(66)57-54-51-48-45-43-40-21-19-17-14-11-8-5-2/h20,22,24-25,27-28,60H,4-19,21,23,26,29-59H2,1-3H3/b22-20-,25-24-,28-27-. The van der Waals surface area contributed by atoms with Gasteiger partial charge < -0.3 is 14.2 Å². The second-order valence-electron chi connectivity index (χ2n) is 20.6. The van der Waals surface area contributed by atoms with E-state index < -0.39 is 6.10 Å². The zero-order valence-electron chi connectivity index (χ0n) is 46.3. The summed E-state index contributed by atoms with van der Waals surface area (Å²) in [5, 5.41) is 0.